The number of hydrogen-bond acceptors (Lipinski definition) is 5. The number of carbonyl (C=O) groups excluding carboxylic acids is 1. The van der Waals surface area contributed by atoms with Crippen molar-refractivity contribution in [3.05, 3.63) is 23.8 Å². The van der Waals surface area contributed by atoms with E-state index >= 15 is 0 Å². The molecule has 1 amide bonds. The van der Waals surface area contributed by atoms with Crippen LogP contribution in [0.3, 0.4) is 0 Å². The molecule has 0 saturated carbocycles. The van der Waals surface area contributed by atoms with Crippen LogP contribution in [-0.4, -0.2) is 52.9 Å². The van der Waals surface area contributed by atoms with Crippen LogP contribution in [0, 0.1) is 0 Å². The minimum absolute atomic E-state index is 0.0971. The highest BCUT2D eigenvalue weighted by molar-refractivity contribution is 6.02. The van der Waals surface area contributed by atoms with Gasteiger partial charge in [-0.1, -0.05) is 6.07 Å². The van der Waals surface area contributed by atoms with E-state index in [1.807, 2.05) is 6.92 Å². The number of nitrogens with two attached hydrogens (primary N) is 1. The highest BCUT2D eigenvalue weighted by atomic mass is 16.5. The SMILES string of the molecule is CCOc1cccc(N)c1C(=O)N1C[C@@H](O)[C@@H](O)C1. The summed E-state index contributed by atoms with van der Waals surface area (Å²) in [6, 6.07) is 5.01. The van der Waals surface area contributed by atoms with Gasteiger partial charge in [-0.3, -0.25) is 4.79 Å². The van der Waals surface area contributed by atoms with Crippen LogP contribution in [0.5, 0.6) is 5.75 Å². The van der Waals surface area contributed by atoms with Crippen molar-refractivity contribution >= 4 is 11.6 Å². The molecule has 104 valence electrons. The van der Waals surface area contributed by atoms with Crippen LogP contribution in [0.2, 0.25) is 0 Å². The van der Waals surface area contributed by atoms with Crippen molar-refractivity contribution in [1.82, 2.24) is 4.90 Å². The molecule has 1 aliphatic rings. The summed E-state index contributed by atoms with van der Waals surface area (Å²) in [5.74, 6) is 0.0838. The number of ether oxygens (including phenoxy) is 1. The van der Waals surface area contributed by atoms with Gasteiger partial charge < -0.3 is 25.6 Å². The van der Waals surface area contributed by atoms with Crippen LogP contribution in [0.25, 0.3) is 0 Å². The lowest BCUT2D eigenvalue weighted by atomic mass is 10.1. The fourth-order valence-electron chi connectivity index (χ4n) is 2.15. The van der Waals surface area contributed by atoms with Gasteiger partial charge >= 0.3 is 0 Å². The number of carbonyl (C=O) groups is 1. The van der Waals surface area contributed by atoms with E-state index in [-0.39, 0.29) is 24.6 Å². The van der Waals surface area contributed by atoms with E-state index in [2.05, 4.69) is 0 Å². The second kappa shape index (κ2) is 5.46. The Labute approximate surface area is 111 Å². The van der Waals surface area contributed by atoms with E-state index in [1.54, 1.807) is 18.2 Å². The molecule has 6 nitrogen and oxygen atoms in total. The molecule has 0 aliphatic carbocycles. The molecule has 6 heteroatoms. The molecule has 2 atom stereocenters. The average molecular weight is 266 g/mol. The molecule has 1 fully saturated rings. The number of β-amino-alcohol motifs (C(OH)–C–C–N with tert-alkyl or cyclic N) is 2. The summed E-state index contributed by atoms with van der Waals surface area (Å²) < 4.78 is 5.40. The van der Waals surface area contributed by atoms with E-state index in [9.17, 15) is 15.0 Å². The summed E-state index contributed by atoms with van der Waals surface area (Å²) in [6.45, 7) is 2.44. The van der Waals surface area contributed by atoms with Gasteiger partial charge in [0.15, 0.2) is 0 Å². The summed E-state index contributed by atoms with van der Waals surface area (Å²) in [4.78, 5) is 13.8. The molecular weight excluding hydrogens is 248 g/mol. The molecule has 0 bridgehead atoms. The Balaban J connectivity index is 2.28. The first-order valence-electron chi connectivity index (χ1n) is 6.21. The maximum absolute atomic E-state index is 12.4. The van der Waals surface area contributed by atoms with Crippen LogP contribution in [0.15, 0.2) is 18.2 Å². The molecule has 0 radical (unpaired) electrons. The fraction of sp³-hybridized carbons (Fsp3) is 0.462. The molecule has 0 aromatic heterocycles. The fourth-order valence-corrected chi connectivity index (χ4v) is 2.15. The number of hydrogen-bond donors (Lipinski definition) is 3. The van der Waals surface area contributed by atoms with Gasteiger partial charge in [0.25, 0.3) is 5.91 Å². The van der Waals surface area contributed by atoms with Gasteiger partial charge in [0.1, 0.15) is 11.3 Å². The number of benzene rings is 1. The third-order valence-electron chi connectivity index (χ3n) is 3.12. The Morgan fingerprint density at radius 1 is 1.42 bits per heavy atom. The van der Waals surface area contributed by atoms with Crippen molar-refractivity contribution in [2.45, 2.75) is 19.1 Å². The maximum Gasteiger partial charge on any atom is 0.259 e. The number of nitrogen functional groups attached to an aromatic ring is 1. The second-order valence-electron chi connectivity index (χ2n) is 4.50. The van der Waals surface area contributed by atoms with Gasteiger partial charge in [0.05, 0.1) is 18.8 Å². The zero-order valence-corrected chi connectivity index (χ0v) is 10.7. The van der Waals surface area contributed by atoms with Gasteiger partial charge in [-0.05, 0) is 19.1 Å². The number of aliphatic hydroxyl groups excluding tert-OH is 2. The Morgan fingerprint density at radius 2 is 2.05 bits per heavy atom. The molecular formula is C13H18N2O4. The summed E-state index contributed by atoms with van der Waals surface area (Å²) in [7, 11) is 0. The number of anilines is 1. The molecule has 1 saturated heterocycles. The minimum atomic E-state index is -0.913. The lowest BCUT2D eigenvalue weighted by Crippen LogP contribution is -2.30. The zero-order valence-electron chi connectivity index (χ0n) is 10.7. The van der Waals surface area contributed by atoms with Crippen molar-refractivity contribution in [1.29, 1.82) is 0 Å². The predicted molar refractivity (Wildman–Crippen MR) is 69.9 cm³/mol. The van der Waals surface area contributed by atoms with Crippen molar-refractivity contribution in [2.24, 2.45) is 0 Å². The van der Waals surface area contributed by atoms with Gasteiger partial charge in [-0.25, -0.2) is 0 Å². The van der Waals surface area contributed by atoms with Gasteiger partial charge in [0.2, 0.25) is 0 Å². The quantitative estimate of drug-likeness (QED) is 0.661. The highest BCUT2D eigenvalue weighted by Gasteiger charge is 2.34. The van der Waals surface area contributed by atoms with Crippen molar-refractivity contribution < 1.29 is 19.7 Å². The minimum Gasteiger partial charge on any atom is -0.493 e. The summed E-state index contributed by atoms with van der Waals surface area (Å²) in [5, 5.41) is 19.0. The molecule has 2 rings (SSSR count). The first kappa shape index (κ1) is 13.6. The summed E-state index contributed by atoms with van der Waals surface area (Å²) >= 11 is 0. The van der Waals surface area contributed by atoms with Gasteiger partial charge in [-0.2, -0.15) is 0 Å². The maximum atomic E-state index is 12.4. The van der Waals surface area contributed by atoms with E-state index in [1.165, 1.54) is 4.90 Å². The van der Waals surface area contributed by atoms with Crippen LogP contribution in [0.1, 0.15) is 17.3 Å². The first-order valence-corrected chi connectivity index (χ1v) is 6.21. The Morgan fingerprint density at radius 3 is 2.63 bits per heavy atom. The topological polar surface area (TPSA) is 96.0 Å². The molecule has 1 aromatic rings. The van der Waals surface area contributed by atoms with Crippen LogP contribution in [0.4, 0.5) is 5.69 Å². The van der Waals surface area contributed by atoms with Gasteiger partial charge in [-0.15, -0.1) is 0 Å². The monoisotopic (exact) mass is 266 g/mol. The molecule has 0 spiro atoms. The molecule has 4 N–H and O–H groups in total. The Bertz CT molecular complexity index is 468. The van der Waals surface area contributed by atoms with Crippen LogP contribution >= 0.6 is 0 Å². The number of rotatable bonds is 3. The third kappa shape index (κ3) is 2.64. The van der Waals surface area contributed by atoms with Crippen molar-refractivity contribution in [3.8, 4) is 5.75 Å². The standard InChI is InChI=1S/C13H18N2O4/c1-2-19-11-5-3-4-8(14)12(11)13(18)15-6-9(16)10(17)7-15/h3-5,9-10,16-17H,2,6-7,14H2,1H3/t9-,10+. The smallest absolute Gasteiger partial charge is 0.259 e. The summed E-state index contributed by atoms with van der Waals surface area (Å²) in [5.41, 5.74) is 6.45. The average Bonchev–Trinajstić information content (AvgIpc) is 2.70. The molecule has 19 heavy (non-hydrogen) atoms. The molecule has 1 heterocycles. The van der Waals surface area contributed by atoms with E-state index in [4.69, 9.17) is 10.5 Å². The molecule has 1 aliphatic heterocycles. The number of nitrogens with zero attached hydrogens (tertiary/aromatic N) is 1. The van der Waals surface area contributed by atoms with Gasteiger partial charge in [0, 0.05) is 18.8 Å². The Hall–Kier alpha value is -1.79. The lowest BCUT2D eigenvalue weighted by molar-refractivity contribution is 0.0572. The number of aliphatic hydroxyl groups is 2. The van der Waals surface area contributed by atoms with E-state index < -0.39 is 12.2 Å². The Kier molecular flexibility index (Phi) is 3.92. The summed E-state index contributed by atoms with van der Waals surface area (Å²) in [6.07, 6.45) is -1.83. The third-order valence-corrected chi connectivity index (χ3v) is 3.12. The van der Waals surface area contributed by atoms with E-state index in [0.29, 0.717) is 18.0 Å². The predicted octanol–water partition coefficient (Wildman–Crippen LogP) is -0.155. The number of amides is 1. The lowest BCUT2D eigenvalue weighted by Gasteiger charge is -2.19. The first-order chi connectivity index (χ1) is 9.04. The van der Waals surface area contributed by atoms with Crippen molar-refractivity contribution in [2.75, 3.05) is 25.4 Å². The molecule has 1 aromatic carbocycles. The van der Waals surface area contributed by atoms with E-state index in [0.717, 1.165) is 0 Å². The largest absolute Gasteiger partial charge is 0.493 e. The zero-order chi connectivity index (χ0) is 14.0. The second-order valence-corrected chi connectivity index (χ2v) is 4.50. The van der Waals surface area contributed by atoms with Crippen molar-refractivity contribution in [3.63, 3.8) is 0 Å². The van der Waals surface area contributed by atoms with Crippen LogP contribution < -0.4 is 10.5 Å². The number of likely N-dealkylation sites (tertiary alicyclic amines) is 1. The molecule has 0 unspecified atom stereocenters. The van der Waals surface area contributed by atoms with Crippen LogP contribution in [-0.2, 0) is 0 Å². The normalized spacial score (nSPS) is 22.6. The highest BCUT2D eigenvalue weighted by Crippen LogP contribution is 2.27.